The van der Waals surface area contributed by atoms with Gasteiger partial charge in [-0.25, -0.2) is 8.42 Å². The minimum Gasteiger partial charge on any atom is -0.492 e. The summed E-state index contributed by atoms with van der Waals surface area (Å²) in [4.78, 5) is 0.268. The van der Waals surface area contributed by atoms with E-state index in [1.165, 1.54) is 4.31 Å². The summed E-state index contributed by atoms with van der Waals surface area (Å²) in [6.45, 7) is 3.46. The van der Waals surface area contributed by atoms with E-state index in [2.05, 4.69) is 0 Å². The molecule has 0 spiro atoms. The van der Waals surface area contributed by atoms with E-state index in [1.54, 1.807) is 24.3 Å². The minimum absolute atomic E-state index is 0.0788. The molecule has 1 aliphatic heterocycles. The van der Waals surface area contributed by atoms with Crippen LogP contribution in [0, 0.1) is 0 Å². The van der Waals surface area contributed by atoms with E-state index in [9.17, 15) is 8.42 Å². The molecule has 1 heterocycles. The van der Waals surface area contributed by atoms with Gasteiger partial charge in [0.2, 0.25) is 10.0 Å². The lowest BCUT2D eigenvalue weighted by atomic mass is 10.3. The van der Waals surface area contributed by atoms with Gasteiger partial charge in [-0.1, -0.05) is 0 Å². The van der Waals surface area contributed by atoms with Gasteiger partial charge in [0.15, 0.2) is 0 Å². The van der Waals surface area contributed by atoms with Crippen molar-refractivity contribution in [3.8, 4) is 5.75 Å². The fraction of sp³-hybridized carbons (Fsp3) is 0.538. The van der Waals surface area contributed by atoms with Crippen LogP contribution < -0.4 is 4.74 Å². The van der Waals surface area contributed by atoms with Gasteiger partial charge in [0.1, 0.15) is 12.4 Å². The Balaban J connectivity index is 2.12. The molecule has 2 rings (SSSR count). The topological polar surface area (TPSA) is 55.8 Å². The predicted molar refractivity (Wildman–Crippen MR) is 76.8 cm³/mol. The van der Waals surface area contributed by atoms with Crippen LogP contribution in [0.15, 0.2) is 29.2 Å². The van der Waals surface area contributed by atoms with Crippen LogP contribution >= 0.6 is 11.6 Å². The van der Waals surface area contributed by atoms with Gasteiger partial charge >= 0.3 is 0 Å². The van der Waals surface area contributed by atoms with E-state index >= 15 is 0 Å². The second-order valence-electron chi connectivity index (χ2n) is 4.55. The van der Waals surface area contributed by atoms with Crippen molar-refractivity contribution in [3.63, 3.8) is 0 Å². The molecular formula is C13H18ClNO4S. The number of hydrogen-bond acceptors (Lipinski definition) is 4. The predicted octanol–water partition coefficient (Wildman–Crippen LogP) is 1.71. The molecule has 0 N–H and O–H groups in total. The zero-order chi connectivity index (χ0) is 14.6. The summed E-state index contributed by atoms with van der Waals surface area (Å²) in [6, 6.07) is 6.39. The number of morpholine rings is 1. The van der Waals surface area contributed by atoms with Crippen molar-refractivity contribution in [2.75, 3.05) is 32.2 Å². The first-order valence-corrected chi connectivity index (χ1v) is 8.42. The molecule has 1 aromatic carbocycles. The number of sulfonamides is 1. The fourth-order valence-corrected chi connectivity index (χ4v) is 3.59. The Labute approximate surface area is 124 Å². The number of hydrogen-bond donors (Lipinski definition) is 0. The van der Waals surface area contributed by atoms with Crippen LogP contribution in [0.3, 0.4) is 0 Å². The van der Waals surface area contributed by atoms with Crippen LogP contribution in [0.2, 0.25) is 0 Å². The maximum atomic E-state index is 12.5. The van der Waals surface area contributed by atoms with E-state index in [4.69, 9.17) is 21.1 Å². The molecule has 0 aromatic heterocycles. The molecular weight excluding hydrogens is 302 g/mol. The van der Waals surface area contributed by atoms with E-state index in [0.717, 1.165) is 0 Å². The zero-order valence-corrected chi connectivity index (χ0v) is 12.9. The summed E-state index contributed by atoms with van der Waals surface area (Å²) < 4.78 is 37.1. The number of ether oxygens (including phenoxy) is 2. The van der Waals surface area contributed by atoms with Crippen LogP contribution in [-0.4, -0.2) is 51.0 Å². The molecule has 112 valence electrons. The molecule has 1 atom stereocenters. The van der Waals surface area contributed by atoms with Gasteiger partial charge < -0.3 is 9.47 Å². The summed E-state index contributed by atoms with van der Waals surface area (Å²) in [7, 11) is -3.46. The first-order valence-electron chi connectivity index (χ1n) is 6.44. The monoisotopic (exact) mass is 319 g/mol. The summed E-state index contributed by atoms with van der Waals surface area (Å²) in [5.41, 5.74) is 0. The van der Waals surface area contributed by atoms with Crippen molar-refractivity contribution in [2.45, 2.75) is 17.9 Å². The van der Waals surface area contributed by atoms with E-state index in [0.29, 0.717) is 37.9 Å². The van der Waals surface area contributed by atoms with E-state index < -0.39 is 10.0 Å². The Hall–Kier alpha value is -0.820. The molecule has 5 nitrogen and oxygen atoms in total. The molecule has 1 aromatic rings. The molecule has 1 saturated heterocycles. The highest BCUT2D eigenvalue weighted by Crippen LogP contribution is 2.21. The Morgan fingerprint density at radius 3 is 2.70 bits per heavy atom. The number of nitrogens with zero attached hydrogens (tertiary/aromatic N) is 1. The highest BCUT2D eigenvalue weighted by atomic mass is 35.5. The van der Waals surface area contributed by atoms with Crippen LogP contribution in [-0.2, 0) is 14.8 Å². The molecule has 7 heteroatoms. The second-order valence-corrected chi connectivity index (χ2v) is 6.87. The normalized spacial score (nSPS) is 20.8. The first-order chi connectivity index (χ1) is 9.54. The largest absolute Gasteiger partial charge is 0.492 e. The molecule has 1 unspecified atom stereocenters. The Morgan fingerprint density at radius 2 is 2.10 bits per heavy atom. The lowest BCUT2D eigenvalue weighted by Gasteiger charge is -2.30. The van der Waals surface area contributed by atoms with Gasteiger partial charge in [-0.2, -0.15) is 4.31 Å². The molecule has 0 radical (unpaired) electrons. The summed E-state index contributed by atoms with van der Waals surface area (Å²) in [6.07, 6.45) is -0.0788. The van der Waals surface area contributed by atoms with Gasteiger partial charge in [0, 0.05) is 13.1 Å². The zero-order valence-electron chi connectivity index (χ0n) is 11.3. The number of rotatable bonds is 5. The summed E-state index contributed by atoms with van der Waals surface area (Å²) in [5.74, 6) is 1.01. The van der Waals surface area contributed by atoms with Crippen LogP contribution in [0.5, 0.6) is 5.75 Å². The average Bonchev–Trinajstić information content (AvgIpc) is 2.45. The highest BCUT2D eigenvalue weighted by molar-refractivity contribution is 7.89. The Morgan fingerprint density at radius 1 is 1.40 bits per heavy atom. The smallest absolute Gasteiger partial charge is 0.243 e. The van der Waals surface area contributed by atoms with Crippen LogP contribution in [0.1, 0.15) is 6.92 Å². The summed E-state index contributed by atoms with van der Waals surface area (Å²) in [5, 5.41) is 0. The Bertz CT molecular complexity index is 532. The fourth-order valence-electron chi connectivity index (χ4n) is 2.02. The standard InChI is InChI=1S/C13H18ClNO4S/c1-11-10-15(7-9-18-11)20(16,17)13-4-2-12(3-5-13)19-8-6-14/h2-5,11H,6-10H2,1H3. The number of alkyl halides is 1. The van der Waals surface area contributed by atoms with Crippen LogP contribution in [0.25, 0.3) is 0 Å². The van der Waals surface area contributed by atoms with Gasteiger partial charge in [-0.3, -0.25) is 0 Å². The van der Waals surface area contributed by atoms with Crippen LogP contribution in [0.4, 0.5) is 0 Å². The highest BCUT2D eigenvalue weighted by Gasteiger charge is 2.28. The minimum atomic E-state index is -3.46. The van der Waals surface area contributed by atoms with Gasteiger partial charge in [-0.05, 0) is 31.2 Å². The quantitative estimate of drug-likeness (QED) is 0.775. The van der Waals surface area contributed by atoms with Crippen molar-refractivity contribution in [1.29, 1.82) is 0 Å². The molecule has 0 saturated carbocycles. The van der Waals surface area contributed by atoms with Crippen molar-refractivity contribution in [3.05, 3.63) is 24.3 Å². The average molecular weight is 320 g/mol. The maximum Gasteiger partial charge on any atom is 0.243 e. The van der Waals surface area contributed by atoms with Crippen molar-refractivity contribution >= 4 is 21.6 Å². The van der Waals surface area contributed by atoms with Gasteiger partial charge in [0.05, 0.1) is 23.5 Å². The van der Waals surface area contributed by atoms with Gasteiger partial charge in [-0.15, -0.1) is 11.6 Å². The third-order valence-corrected chi connectivity index (χ3v) is 5.04. The molecule has 0 amide bonds. The third-order valence-electron chi connectivity index (χ3n) is 3.01. The Kier molecular flexibility index (Phi) is 5.26. The number of benzene rings is 1. The molecule has 0 aliphatic carbocycles. The maximum absolute atomic E-state index is 12.5. The molecule has 0 bridgehead atoms. The van der Waals surface area contributed by atoms with Gasteiger partial charge in [0.25, 0.3) is 0 Å². The van der Waals surface area contributed by atoms with Crippen molar-refractivity contribution in [2.24, 2.45) is 0 Å². The molecule has 1 aliphatic rings. The van der Waals surface area contributed by atoms with Crippen molar-refractivity contribution in [1.82, 2.24) is 4.31 Å². The lowest BCUT2D eigenvalue weighted by Crippen LogP contribution is -2.44. The van der Waals surface area contributed by atoms with E-state index in [1.807, 2.05) is 6.92 Å². The van der Waals surface area contributed by atoms with E-state index in [-0.39, 0.29) is 11.0 Å². The van der Waals surface area contributed by atoms with Crippen molar-refractivity contribution < 1.29 is 17.9 Å². The SMILES string of the molecule is CC1CN(S(=O)(=O)c2ccc(OCCCl)cc2)CCO1. The number of halogens is 1. The first kappa shape index (κ1) is 15.6. The molecule has 20 heavy (non-hydrogen) atoms. The molecule has 1 fully saturated rings. The third kappa shape index (κ3) is 3.63. The second kappa shape index (κ2) is 6.76. The lowest BCUT2D eigenvalue weighted by molar-refractivity contribution is 0.0102. The summed E-state index contributed by atoms with van der Waals surface area (Å²) >= 11 is 5.53.